The van der Waals surface area contributed by atoms with Crippen molar-refractivity contribution in [3.8, 4) is 0 Å². The van der Waals surface area contributed by atoms with E-state index in [0.29, 0.717) is 6.54 Å². The Hall–Kier alpha value is -1.43. The van der Waals surface area contributed by atoms with E-state index in [9.17, 15) is 4.79 Å². The second-order valence-corrected chi connectivity index (χ2v) is 6.45. The van der Waals surface area contributed by atoms with Crippen LogP contribution < -0.4 is 10.6 Å². The Morgan fingerprint density at radius 1 is 1.22 bits per heavy atom. The summed E-state index contributed by atoms with van der Waals surface area (Å²) in [5.74, 6) is 0.373. The van der Waals surface area contributed by atoms with Crippen LogP contribution in [0.2, 0.25) is 0 Å². The van der Waals surface area contributed by atoms with E-state index in [1.807, 2.05) is 0 Å². The van der Waals surface area contributed by atoms with Crippen molar-refractivity contribution in [2.24, 2.45) is 5.92 Å². The Bertz CT molecular complexity index is 509. The second-order valence-electron chi connectivity index (χ2n) is 6.45. The van der Waals surface area contributed by atoms with Crippen LogP contribution in [0.15, 0.2) is 24.3 Å². The number of benzene rings is 1. The number of nitrogens with zero attached hydrogens (tertiary/aromatic N) is 1. The van der Waals surface area contributed by atoms with Crippen LogP contribution in [0.3, 0.4) is 0 Å². The summed E-state index contributed by atoms with van der Waals surface area (Å²) >= 11 is 0. The Labute approximate surface area is 138 Å². The maximum atomic E-state index is 12.2. The Morgan fingerprint density at radius 3 is 2.74 bits per heavy atom. The number of morpholine rings is 1. The summed E-state index contributed by atoms with van der Waals surface area (Å²) in [5, 5.41) is 6.40. The molecular formula is C18H27N3O2. The van der Waals surface area contributed by atoms with Gasteiger partial charge in [0, 0.05) is 32.1 Å². The van der Waals surface area contributed by atoms with Crippen molar-refractivity contribution in [2.45, 2.75) is 25.9 Å². The fraction of sp³-hybridized carbons (Fsp3) is 0.611. The molecule has 0 saturated carbocycles. The lowest BCUT2D eigenvalue weighted by Gasteiger charge is -2.26. The summed E-state index contributed by atoms with van der Waals surface area (Å²) in [5.41, 5.74) is 2.48. The molecule has 2 heterocycles. The van der Waals surface area contributed by atoms with Crippen molar-refractivity contribution in [1.82, 2.24) is 15.5 Å². The molecule has 0 bridgehead atoms. The fourth-order valence-electron chi connectivity index (χ4n) is 3.27. The Morgan fingerprint density at radius 2 is 1.96 bits per heavy atom. The first-order valence-electron chi connectivity index (χ1n) is 8.67. The van der Waals surface area contributed by atoms with Gasteiger partial charge in [-0.3, -0.25) is 9.69 Å². The molecule has 1 amide bonds. The quantitative estimate of drug-likeness (QED) is 0.855. The van der Waals surface area contributed by atoms with Crippen molar-refractivity contribution in [2.75, 3.05) is 39.4 Å². The molecule has 0 atom stereocenters. The molecule has 5 heteroatoms. The first-order valence-corrected chi connectivity index (χ1v) is 8.67. The minimum absolute atomic E-state index is 0.174. The molecule has 2 saturated heterocycles. The lowest BCUT2D eigenvalue weighted by Crippen LogP contribution is -2.37. The molecule has 0 radical (unpaired) electrons. The van der Waals surface area contributed by atoms with E-state index in [1.165, 1.54) is 11.1 Å². The number of amides is 1. The number of carbonyl (C=O) groups excluding carboxylic acids is 1. The van der Waals surface area contributed by atoms with Crippen molar-refractivity contribution < 1.29 is 9.53 Å². The van der Waals surface area contributed by atoms with Crippen molar-refractivity contribution >= 4 is 5.91 Å². The third-order valence-corrected chi connectivity index (χ3v) is 4.68. The van der Waals surface area contributed by atoms with Gasteiger partial charge in [0.2, 0.25) is 5.91 Å². The highest BCUT2D eigenvalue weighted by Crippen LogP contribution is 2.13. The molecule has 0 aromatic heterocycles. The molecule has 2 fully saturated rings. The predicted octanol–water partition coefficient (Wildman–Crippen LogP) is 1.13. The number of piperidine rings is 1. The molecule has 0 spiro atoms. The average molecular weight is 317 g/mol. The summed E-state index contributed by atoms with van der Waals surface area (Å²) in [6, 6.07) is 8.54. The molecule has 0 unspecified atom stereocenters. The maximum absolute atomic E-state index is 12.2. The van der Waals surface area contributed by atoms with Gasteiger partial charge in [-0.2, -0.15) is 0 Å². The number of rotatable bonds is 5. The smallest absolute Gasteiger partial charge is 0.223 e. The van der Waals surface area contributed by atoms with Gasteiger partial charge in [-0.1, -0.05) is 24.3 Å². The molecule has 23 heavy (non-hydrogen) atoms. The zero-order valence-electron chi connectivity index (χ0n) is 13.7. The number of ether oxygens (including phenoxy) is 1. The number of hydrogen-bond acceptors (Lipinski definition) is 4. The van der Waals surface area contributed by atoms with Crippen LogP contribution in [-0.2, 0) is 22.6 Å². The summed E-state index contributed by atoms with van der Waals surface area (Å²) in [4.78, 5) is 14.6. The first kappa shape index (κ1) is 16.4. The van der Waals surface area contributed by atoms with Crippen molar-refractivity contribution in [3.05, 3.63) is 35.4 Å². The molecule has 2 aliphatic rings. The molecule has 5 nitrogen and oxygen atoms in total. The van der Waals surface area contributed by atoms with Gasteiger partial charge in [0.15, 0.2) is 0 Å². The van der Waals surface area contributed by atoms with Gasteiger partial charge in [-0.25, -0.2) is 0 Å². The first-order chi connectivity index (χ1) is 11.3. The molecule has 3 rings (SSSR count). The highest BCUT2D eigenvalue weighted by Gasteiger charge is 2.20. The van der Waals surface area contributed by atoms with Crippen LogP contribution in [0, 0.1) is 5.92 Å². The fourth-order valence-corrected chi connectivity index (χ4v) is 3.27. The Balaban J connectivity index is 1.49. The molecule has 2 aliphatic heterocycles. The van der Waals surface area contributed by atoms with E-state index >= 15 is 0 Å². The highest BCUT2D eigenvalue weighted by molar-refractivity contribution is 5.78. The van der Waals surface area contributed by atoms with E-state index in [0.717, 1.165) is 58.8 Å². The third kappa shape index (κ3) is 5.03. The monoisotopic (exact) mass is 317 g/mol. The third-order valence-electron chi connectivity index (χ3n) is 4.68. The molecule has 1 aromatic rings. The molecule has 2 N–H and O–H groups in total. The van der Waals surface area contributed by atoms with Gasteiger partial charge >= 0.3 is 0 Å². The van der Waals surface area contributed by atoms with E-state index in [2.05, 4.69) is 39.8 Å². The van der Waals surface area contributed by atoms with Gasteiger partial charge < -0.3 is 15.4 Å². The van der Waals surface area contributed by atoms with Gasteiger partial charge in [-0.05, 0) is 37.1 Å². The van der Waals surface area contributed by atoms with Crippen LogP contribution in [0.5, 0.6) is 0 Å². The molecule has 1 aromatic carbocycles. The van der Waals surface area contributed by atoms with E-state index < -0.39 is 0 Å². The van der Waals surface area contributed by atoms with E-state index in [1.54, 1.807) is 0 Å². The number of carbonyl (C=O) groups is 1. The highest BCUT2D eigenvalue weighted by atomic mass is 16.5. The molecule has 0 aliphatic carbocycles. The lowest BCUT2D eigenvalue weighted by molar-refractivity contribution is -0.125. The van der Waals surface area contributed by atoms with Crippen molar-refractivity contribution in [3.63, 3.8) is 0 Å². The Kier molecular flexibility index (Phi) is 6.02. The summed E-state index contributed by atoms with van der Waals surface area (Å²) in [7, 11) is 0. The summed E-state index contributed by atoms with van der Waals surface area (Å²) < 4.78 is 5.39. The van der Waals surface area contributed by atoms with Gasteiger partial charge in [0.25, 0.3) is 0 Å². The minimum Gasteiger partial charge on any atom is -0.379 e. The SMILES string of the molecule is O=C(NCc1cccc(CN2CCOCC2)c1)C1CCNCC1. The van der Waals surface area contributed by atoms with E-state index in [-0.39, 0.29) is 11.8 Å². The zero-order chi connectivity index (χ0) is 15.9. The van der Waals surface area contributed by atoms with Gasteiger partial charge in [-0.15, -0.1) is 0 Å². The van der Waals surface area contributed by atoms with Crippen molar-refractivity contribution in [1.29, 1.82) is 0 Å². The van der Waals surface area contributed by atoms with Crippen LogP contribution in [-0.4, -0.2) is 50.2 Å². The van der Waals surface area contributed by atoms with E-state index in [4.69, 9.17) is 4.74 Å². The average Bonchev–Trinajstić information content (AvgIpc) is 2.62. The van der Waals surface area contributed by atoms with Crippen LogP contribution in [0.25, 0.3) is 0 Å². The maximum Gasteiger partial charge on any atom is 0.223 e. The minimum atomic E-state index is 0.174. The topological polar surface area (TPSA) is 53.6 Å². The predicted molar refractivity (Wildman–Crippen MR) is 90.0 cm³/mol. The normalized spacial score (nSPS) is 20.3. The lowest BCUT2D eigenvalue weighted by atomic mass is 9.97. The summed E-state index contributed by atoms with van der Waals surface area (Å²) in [6.45, 7) is 7.13. The number of hydrogen-bond donors (Lipinski definition) is 2. The van der Waals surface area contributed by atoms with Crippen LogP contribution >= 0.6 is 0 Å². The second kappa shape index (κ2) is 8.43. The molecular weight excluding hydrogens is 290 g/mol. The number of nitrogens with one attached hydrogen (secondary N) is 2. The largest absolute Gasteiger partial charge is 0.379 e. The standard InChI is InChI=1S/C18H27N3O2/c22-18(17-4-6-19-7-5-17)20-13-15-2-1-3-16(12-15)14-21-8-10-23-11-9-21/h1-3,12,17,19H,4-11,13-14H2,(H,20,22). The molecule has 126 valence electrons. The van der Waals surface area contributed by atoms with Crippen LogP contribution in [0.1, 0.15) is 24.0 Å². The zero-order valence-corrected chi connectivity index (χ0v) is 13.7. The van der Waals surface area contributed by atoms with Gasteiger partial charge in [0.1, 0.15) is 0 Å². The van der Waals surface area contributed by atoms with Gasteiger partial charge in [0.05, 0.1) is 13.2 Å². The van der Waals surface area contributed by atoms with Crippen LogP contribution in [0.4, 0.5) is 0 Å². The summed E-state index contributed by atoms with van der Waals surface area (Å²) in [6.07, 6.45) is 1.89.